The van der Waals surface area contributed by atoms with Gasteiger partial charge < -0.3 is 10.2 Å². The van der Waals surface area contributed by atoms with Crippen LogP contribution in [-0.2, 0) is 10.0 Å². The summed E-state index contributed by atoms with van der Waals surface area (Å²) >= 11 is 0. The standard InChI is InChI=1S/C22H29N3O3S/c1-18-11-12-19(17-21(18)29(27,28)25-15-6-7-16-25)22(26)23-13-8-14-24(2)20-9-4-3-5-10-20/h3-5,9-12,17H,6-8,13-16H2,1-2H3,(H,23,26). The lowest BCUT2D eigenvalue weighted by Gasteiger charge is -2.19. The zero-order chi connectivity index (χ0) is 20.9. The lowest BCUT2D eigenvalue weighted by atomic mass is 10.1. The fraction of sp³-hybridized carbons (Fsp3) is 0.409. The highest BCUT2D eigenvalue weighted by molar-refractivity contribution is 7.89. The lowest BCUT2D eigenvalue weighted by molar-refractivity contribution is 0.0953. The highest BCUT2D eigenvalue weighted by Gasteiger charge is 2.29. The Morgan fingerprint density at radius 1 is 1.10 bits per heavy atom. The number of sulfonamides is 1. The van der Waals surface area contributed by atoms with Crippen molar-refractivity contribution in [1.29, 1.82) is 0 Å². The van der Waals surface area contributed by atoms with E-state index in [0.29, 0.717) is 30.8 Å². The fourth-order valence-corrected chi connectivity index (χ4v) is 5.29. The number of aryl methyl sites for hydroxylation is 1. The molecule has 0 unspecified atom stereocenters. The van der Waals surface area contributed by atoms with Crippen LogP contribution < -0.4 is 10.2 Å². The van der Waals surface area contributed by atoms with Gasteiger partial charge >= 0.3 is 0 Å². The minimum absolute atomic E-state index is 0.232. The fourth-order valence-electron chi connectivity index (χ4n) is 3.52. The molecule has 1 N–H and O–H groups in total. The summed E-state index contributed by atoms with van der Waals surface area (Å²) in [6.07, 6.45) is 2.56. The number of amides is 1. The molecule has 0 radical (unpaired) electrons. The number of para-hydroxylation sites is 1. The van der Waals surface area contributed by atoms with Crippen LogP contribution in [0.15, 0.2) is 53.4 Å². The van der Waals surface area contributed by atoms with Crippen LogP contribution in [0.4, 0.5) is 5.69 Å². The van der Waals surface area contributed by atoms with Crippen LogP contribution >= 0.6 is 0 Å². The Bertz CT molecular complexity index is 939. The maximum Gasteiger partial charge on any atom is 0.251 e. The van der Waals surface area contributed by atoms with Gasteiger partial charge in [0.15, 0.2) is 0 Å². The Hall–Kier alpha value is -2.38. The summed E-state index contributed by atoms with van der Waals surface area (Å²) < 4.78 is 27.3. The number of hydrogen-bond acceptors (Lipinski definition) is 4. The van der Waals surface area contributed by atoms with Crippen molar-refractivity contribution in [3.05, 3.63) is 59.7 Å². The van der Waals surface area contributed by atoms with E-state index >= 15 is 0 Å². The molecule has 2 aromatic carbocycles. The Morgan fingerprint density at radius 3 is 2.48 bits per heavy atom. The molecule has 6 nitrogen and oxygen atoms in total. The predicted octanol–water partition coefficient (Wildman–Crippen LogP) is 3.04. The Morgan fingerprint density at radius 2 is 1.79 bits per heavy atom. The number of benzene rings is 2. The van der Waals surface area contributed by atoms with E-state index in [2.05, 4.69) is 10.2 Å². The number of nitrogens with zero attached hydrogens (tertiary/aromatic N) is 2. The van der Waals surface area contributed by atoms with Crippen molar-refractivity contribution in [2.75, 3.05) is 38.1 Å². The molecule has 0 atom stereocenters. The molecule has 7 heteroatoms. The highest BCUT2D eigenvalue weighted by atomic mass is 32.2. The van der Waals surface area contributed by atoms with Crippen molar-refractivity contribution < 1.29 is 13.2 Å². The molecule has 0 spiro atoms. The van der Waals surface area contributed by atoms with Crippen LogP contribution in [0.2, 0.25) is 0 Å². The van der Waals surface area contributed by atoms with Crippen molar-refractivity contribution >= 4 is 21.6 Å². The molecule has 2 aromatic rings. The molecule has 0 bridgehead atoms. The molecule has 0 saturated carbocycles. The average molecular weight is 416 g/mol. The summed E-state index contributed by atoms with van der Waals surface area (Å²) in [4.78, 5) is 14.9. The first-order valence-corrected chi connectivity index (χ1v) is 11.5. The van der Waals surface area contributed by atoms with Crippen LogP contribution in [0.25, 0.3) is 0 Å². The summed E-state index contributed by atoms with van der Waals surface area (Å²) in [6, 6.07) is 15.0. The van der Waals surface area contributed by atoms with E-state index in [4.69, 9.17) is 0 Å². The van der Waals surface area contributed by atoms with Gasteiger partial charge in [-0.1, -0.05) is 24.3 Å². The van der Waals surface area contributed by atoms with Crippen LogP contribution in [0, 0.1) is 6.92 Å². The van der Waals surface area contributed by atoms with Gasteiger partial charge in [0.2, 0.25) is 10.0 Å². The average Bonchev–Trinajstić information content (AvgIpc) is 3.27. The van der Waals surface area contributed by atoms with E-state index in [1.807, 2.05) is 37.4 Å². The summed E-state index contributed by atoms with van der Waals surface area (Å²) in [5.41, 5.74) is 2.18. The zero-order valence-electron chi connectivity index (χ0n) is 17.1. The number of rotatable bonds is 8. The molecule has 1 heterocycles. The van der Waals surface area contributed by atoms with Gasteiger partial charge in [0.05, 0.1) is 4.90 Å². The summed E-state index contributed by atoms with van der Waals surface area (Å²) in [6.45, 7) is 4.20. The SMILES string of the molecule is Cc1ccc(C(=O)NCCCN(C)c2ccccc2)cc1S(=O)(=O)N1CCCC1. The Balaban J connectivity index is 1.58. The van der Waals surface area contributed by atoms with E-state index < -0.39 is 10.0 Å². The van der Waals surface area contributed by atoms with E-state index in [-0.39, 0.29) is 10.8 Å². The molecule has 1 aliphatic rings. The minimum atomic E-state index is -3.55. The smallest absolute Gasteiger partial charge is 0.251 e. The number of hydrogen-bond donors (Lipinski definition) is 1. The number of nitrogens with one attached hydrogen (secondary N) is 1. The van der Waals surface area contributed by atoms with Gasteiger partial charge in [-0.2, -0.15) is 4.31 Å². The minimum Gasteiger partial charge on any atom is -0.375 e. The third-order valence-corrected chi connectivity index (χ3v) is 7.33. The molecule has 1 saturated heterocycles. The van der Waals surface area contributed by atoms with Crippen LogP contribution in [0.5, 0.6) is 0 Å². The maximum atomic E-state index is 12.9. The topological polar surface area (TPSA) is 69.7 Å². The molecule has 29 heavy (non-hydrogen) atoms. The lowest BCUT2D eigenvalue weighted by Crippen LogP contribution is -2.30. The number of carbonyl (C=O) groups excluding carboxylic acids is 1. The molecular weight excluding hydrogens is 386 g/mol. The van der Waals surface area contributed by atoms with E-state index in [0.717, 1.165) is 31.5 Å². The second kappa shape index (κ2) is 9.41. The van der Waals surface area contributed by atoms with Crippen LogP contribution in [0.1, 0.15) is 35.2 Å². The quantitative estimate of drug-likeness (QED) is 0.673. The van der Waals surface area contributed by atoms with Crippen molar-refractivity contribution in [3.8, 4) is 0 Å². The first-order valence-electron chi connectivity index (χ1n) is 10.0. The highest BCUT2D eigenvalue weighted by Crippen LogP contribution is 2.24. The second-order valence-electron chi connectivity index (χ2n) is 7.46. The predicted molar refractivity (Wildman–Crippen MR) is 116 cm³/mol. The van der Waals surface area contributed by atoms with Gasteiger partial charge in [-0.3, -0.25) is 4.79 Å². The summed E-state index contributed by atoms with van der Waals surface area (Å²) in [5.74, 6) is -0.245. The molecule has 1 amide bonds. The molecule has 156 valence electrons. The van der Waals surface area contributed by atoms with Crippen LogP contribution in [-0.4, -0.2) is 51.9 Å². The second-order valence-corrected chi connectivity index (χ2v) is 9.36. The maximum absolute atomic E-state index is 12.9. The zero-order valence-corrected chi connectivity index (χ0v) is 17.9. The largest absolute Gasteiger partial charge is 0.375 e. The number of anilines is 1. The molecule has 0 aromatic heterocycles. The van der Waals surface area contributed by atoms with Gasteiger partial charge in [0.25, 0.3) is 5.91 Å². The van der Waals surface area contributed by atoms with Gasteiger partial charge in [-0.25, -0.2) is 8.42 Å². The summed E-state index contributed by atoms with van der Waals surface area (Å²) in [7, 11) is -1.53. The van der Waals surface area contributed by atoms with E-state index in [1.54, 1.807) is 19.1 Å². The van der Waals surface area contributed by atoms with Gasteiger partial charge in [0.1, 0.15) is 0 Å². The van der Waals surface area contributed by atoms with E-state index in [1.165, 1.54) is 10.4 Å². The molecule has 1 aliphatic heterocycles. The summed E-state index contributed by atoms with van der Waals surface area (Å²) in [5, 5.41) is 2.90. The monoisotopic (exact) mass is 415 g/mol. The third-order valence-electron chi connectivity index (χ3n) is 5.29. The molecule has 3 rings (SSSR count). The Kier molecular flexibility index (Phi) is 6.92. The molecule has 1 fully saturated rings. The molecule has 0 aliphatic carbocycles. The van der Waals surface area contributed by atoms with Crippen LogP contribution in [0.3, 0.4) is 0 Å². The van der Waals surface area contributed by atoms with Crippen molar-refractivity contribution in [1.82, 2.24) is 9.62 Å². The first-order chi connectivity index (χ1) is 13.9. The van der Waals surface area contributed by atoms with Gasteiger partial charge in [-0.05, 0) is 56.0 Å². The Labute approximate surface area is 173 Å². The normalized spacial score (nSPS) is 14.7. The van der Waals surface area contributed by atoms with Gasteiger partial charge in [0, 0.05) is 44.5 Å². The van der Waals surface area contributed by atoms with Crippen molar-refractivity contribution in [3.63, 3.8) is 0 Å². The van der Waals surface area contributed by atoms with Crippen molar-refractivity contribution in [2.45, 2.75) is 31.1 Å². The first kappa shape index (κ1) is 21.3. The van der Waals surface area contributed by atoms with Gasteiger partial charge in [-0.15, -0.1) is 0 Å². The third kappa shape index (κ3) is 5.16. The number of carbonyl (C=O) groups is 1. The molecular formula is C22H29N3O3S. The van der Waals surface area contributed by atoms with E-state index in [9.17, 15) is 13.2 Å². The van der Waals surface area contributed by atoms with Crippen molar-refractivity contribution in [2.24, 2.45) is 0 Å².